The molecular formula is C12H17ClN2O3S. The smallest absolute Gasteiger partial charge is 0.241 e. The molecule has 0 atom stereocenters. The predicted octanol–water partition coefficient (Wildman–Crippen LogP) is 1.45. The molecular weight excluding hydrogens is 288 g/mol. The van der Waals surface area contributed by atoms with E-state index >= 15 is 0 Å². The molecule has 0 bridgehead atoms. The summed E-state index contributed by atoms with van der Waals surface area (Å²) >= 11 is 5.84. The molecule has 19 heavy (non-hydrogen) atoms. The van der Waals surface area contributed by atoms with Crippen LogP contribution < -0.4 is 10.0 Å². The van der Waals surface area contributed by atoms with E-state index in [0.717, 1.165) is 6.42 Å². The van der Waals surface area contributed by atoms with Crippen LogP contribution in [-0.2, 0) is 14.8 Å². The van der Waals surface area contributed by atoms with Gasteiger partial charge in [-0.1, -0.05) is 18.5 Å². The Morgan fingerprint density at radius 2 is 2.05 bits per heavy atom. The molecule has 0 heterocycles. The summed E-state index contributed by atoms with van der Waals surface area (Å²) in [6.07, 6.45) is 0.800. The zero-order valence-corrected chi connectivity index (χ0v) is 12.4. The Kier molecular flexibility index (Phi) is 5.78. The van der Waals surface area contributed by atoms with Crippen molar-refractivity contribution in [1.82, 2.24) is 10.0 Å². The average molecular weight is 305 g/mol. The van der Waals surface area contributed by atoms with Crippen molar-refractivity contribution in [3.05, 3.63) is 28.8 Å². The van der Waals surface area contributed by atoms with Crippen LogP contribution in [0.3, 0.4) is 0 Å². The SMILES string of the molecule is CCCNC(=O)CNS(=O)(=O)c1ccc(Cl)c(C)c1. The first-order valence-corrected chi connectivity index (χ1v) is 7.75. The number of rotatable bonds is 6. The van der Waals surface area contributed by atoms with Crippen molar-refractivity contribution in [2.45, 2.75) is 25.2 Å². The summed E-state index contributed by atoms with van der Waals surface area (Å²) in [6, 6.07) is 4.39. The number of hydrogen-bond donors (Lipinski definition) is 2. The third-order valence-corrected chi connectivity index (χ3v) is 4.26. The lowest BCUT2D eigenvalue weighted by molar-refractivity contribution is -0.119. The fourth-order valence-electron chi connectivity index (χ4n) is 1.36. The van der Waals surface area contributed by atoms with E-state index in [1.165, 1.54) is 18.2 Å². The van der Waals surface area contributed by atoms with Crippen molar-refractivity contribution in [3.8, 4) is 0 Å². The molecule has 0 aliphatic rings. The van der Waals surface area contributed by atoms with Gasteiger partial charge < -0.3 is 5.32 Å². The van der Waals surface area contributed by atoms with E-state index in [2.05, 4.69) is 10.0 Å². The number of amides is 1. The Labute approximate surface area is 118 Å². The molecule has 5 nitrogen and oxygen atoms in total. The van der Waals surface area contributed by atoms with Crippen LogP contribution in [0.15, 0.2) is 23.1 Å². The van der Waals surface area contributed by atoms with Crippen molar-refractivity contribution >= 4 is 27.5 Å². The Morgan fingerprint density at radius 3 is 2.63 bits per heavy atom. The van der Waals surface area contributed by atoms with E-state index in [4.69, 9.17) is 11.6 Å². The van der Waals surface area contributed by atoms with E-state index in [1.807, 2.05) is 6.92 Å². The highest BCUT2D eigenvalue weighted by atomic mass is 35.5. The minimum absolute atomic E-state index is 0.0951. The molecule has 106 valence electrons. The molecule has 0 aromatic heterocycles. The largest absolute Gasteiger partial charge is 0.355 e. The number of aryl methyl sites for hydroxylation is 1. The number of nitrogens with one attached hydrogen (secondary N) is 2. The fraction of sp³-hybridized carbons (Fsp3) is 0.417. The second-order valence-electron chi connectivity index (χ2n) is 4.09. The highest BCUT2D eigenvalue weighted by Crippen LogP contribution is 2.19. The quantitative estimate of drug-likeness (QED) is 0.835. The summed E-state index contributed by atoms with van der Waals surface area (Å²) in [4.78, 5) is 11.4. The molecule has 1 aromatic rings. The molecule has 0 aliphatic heterocycles. The Balaban J connectivity index is 2.70. The van der Waals surface area contributed by atoms with E-state index in [-0.39, 0.29) is 17.3 Å². The van der Waals surface area contributed by atoms with Crippen molar-refractivity contribution in [2.75, 3.05) is 13.1 Å². The minimum atomic E-state index is -3.69. The van der Waals surface area contributed by atoms with Gasteiger partial charge in [0.05, 0.1) is 11.4 Å². The Hall–Kier alpha value is -1.11. The van der Waals surface area contributed by atoms with Gasteiger partial charge in [-0.15, -0.1) is 0 Å². The predicted molar refractivity (Wildman–Crippen MR) is 74.7 cm³/mol. The minimum Gasteiger partial charge on any atom is -0.355 e. The van der Waals surface area contributed by atoms with Gasteiger partial charge in [0.25, 0.3) is 0 Å². The Bertz CT molecular complexity index is 558. The first-order valence-electron chi connectivity index (χ1n) is 5.89. The standard InChI is InChI=1S/C12H17ClN2O3S/c1-3-6-14-12(16)8-15-19(17,18)10-4-5-11(13)9(2)7-10/h4-5,7,15H,3,6,8H2,1-2H3,(H,14,16). The topological polar surface area (TPSA) is 75.3 Å². The summed E-state index contributed by atoms with van der Waals surface area (Å²) in [7, 11) is -3.69. The number of halogens is 1. The molecule has 0 radical (unpaired) electrons. The molecule has 0 saturated carbocycles. The molecule has 0 aliphatic carbocycles. The number of benzene rings is 1. The number of sulfonamides is 1. The zero-order chi connectivity index (χ0) is 14.5. The van der Waals surface area contributed by atoms with Gasteiger partial charge in [0.2, 0.25) is 15.9 Å². The molecule has 2 N–H and O–H groups in total. The van der Waals surface area contributed by atoms with E-state index < -0.39 is 10.0 Å². The van der Waals surface area contributed by atoms with Gasteiger partial charge in [-0.25, -0.2) is 13.1 Å². The van der Waals surface area contributed by atoms with Gasteiger partial charge in [-0.3, -0.25) is 4.79 Å². The Morgan fingerprint density at radius 1 is 1.37 bits per heavy atom. The van der Waals surface area contributed by atoms with Gasteiger partial charge in [-0.2, -0.15) is 0 Å². The first-order chi connectivity index (χ1) is 8.86. The van der Waals surface area contributed by atoms with Crippen molar-refractivity contribution < 1.29 is 13.2 Å². The maximum atomic E-state index is 11.9. The van der Waals surface area contributed by atoms with Crippen LogP contribution >= 0.6 is 11.6 Å². The van der Waals surface area contributed by atoms with Gasteiger partial charge in [0.15, 0.2) is 0 Å². The third-order valence-electron chi connectivity index (χ3n) is 2.43. The molecule has 0 saturated heterocycles. The number of hydrogen-bond acceptors (Lipinski definition) is 3. The average Bonchev–Trinajstić information content (AvgIpc) is 2.37. The number of carbonyl (C=O) groups is 1. The molecule has 0 spiro atoms. The van der Waals surface area contributed by atoms with Crippen molar-refractivity contribution in [2.24, 2.45) is 0 Å². The van der Waals surface area contributed by atoms with Crippen LogP contribution in [0.1, 0.15) is 18.9 Å². The second-order valence-corrected chi connectivity index (χ2v) is 6.26. The molecule has 7 heteroatoms. The third kappa shape index (κ3) is 4.81. The lowest BCUT2D eigenvalue weighted by Crippen LogP contribution is -2.37. The van der Waals surface area contributed by atoms with Crippen LogP contribution in [0, 0.1) is 6.92 Å². The van der Waals surface area contributed by atoms with E-state index in [9.17, 15) is 13.2 Å². The van der Waals surface area contributed by atoms with E-state index in [1.54, 1.807) is 6.92 Å². The van der Waals surface area contributed by atoms with Crippen LogP contribution in [-0.4, -0.2) is 27.4 Å². The molecule has 0 unspecified atom stereocenters. The molecule has 1 aromatic carbocycles. The van der Waals surface area contributed by atoms with Crippen LogP contribution in [0.25, 0.3) is 0 Å². The second kappa shape index (κ2) is 6.88. The lowest BCUT2D eigenvalue weighted by Gasteiger charge is -2.08. The molecule has 1 amide bonds. The highest BCUT2D eigenvalue weighted by molar-refractivity contribution is 7.89. The van der Waals surface area contributed by atoms with Gasteiger partial charge in [0, 0.05) is 11.6 Å². The van der Waals surface area contributed by atoms with Crippen molar-refractivity contribution in [1.29, 1.82) is 0 Å². The number of carbonyl (C=O) groups excluding carboxylic acids is 1. The molecule has 1 rings (SSSR count). The van der Waals surface area contributed by atoms with Crippen LogP contribution in [0.5, 0.6) is 0 Å². The van der Waals surface area contributed by atoms with Crippen LogP contribution in [0.2, 0.25) is 5.02 Å². The maximum absolute atomic E-state index is 11.9. The monoisotopic (exact) mass is 304 g/mol. The lowest BCUT2D eigenvalue weighted by atomic mass is 10.2. The van der Waals surface area contributed by atoms with Crippen molar-refractivity contribution in [3.63, 3.8) is 0 Å². The van der Waals surface area contributed by atoms with Gasteiger partial charge in [0.1, 0.15) is 0 Å². The summed E-state index contributed by atoms with van der Waals surface area (Å²) < 4.78 is 26.1. The maximum Gasteiger partial charge on any atom is 0.241 e. The highest BCUT2D eigenvalue weighted by Gasteiger charge is 2.16. The first kappa shape index (κ1) is 15.9. The van der Waals surface area contributed by atoms with E-state index in [0.29, 0.717) is 17.1 Å². The summed E-state index contributed by atoms with van der Waals surface area (Å²) in [5, 5.41) is 3.09. The summed E-state index contributed by atoms with van der Waals surface area (Å²) in [5.41, 5.74) is 0.667. The summed E-state index contributed by atoms with van der Waals surface area (Å²) in [6.45, 7) is 3.89. The molecule has 0 fully saturated rings. The zero-order valence-electron chi connectivity index (χ0n) is 10.9. The van der Waals surface area contributed by atoms with Crippen LogP contribution in [0.4, 0.5) is 0 Å². The van der Waals surface area contributed by atoms with Gasteiger partial charge >= 0.3 is 0 Å². The normalized spacial score (nSPS) is 11.3. The van der Waals surface area contributed by atoms with Gasteiger partial charge in [-0.05, 0) is 37.1 Å². The fourth-order valence-corrected chi connectivity index (χ4v) is 2.54. The summed E-state index contributed by atoms with van der Waals surface area (Å²) in [5.74, 6) is -0.351.